The van der Waals surface area contributed by atoms with E-state index in [1.54, 1.807) is 12.1 Å². The highest BCUT2D eigenvalue weighted by Gasteiger charge is 2.35. The molecule has 2 N–H and O–H groups in total. The number of rotatable bonds is 5. The summed E-state index contributed by atoms with van der Waals surface area (Å²) in [5.41, 5.74) is 0.789. The van der Waals surface area contributed by atoms with E-state index >= 15 is 0 Å². The summed E-state index contributed by atoms with van der Waals surface area (Å²) in [6.07, 6.45) is 1.27. The average molecular weight is 279 g/mol. The van der Waals surface area contributed by atoms with Crippen LogP contribution in [0.4, 0.5) is 4.39 Å². The monoisotopic (exact) mass is 279 g/mol. The summed E-state index contributed by atoms with van der Waals surface area (Å²) in [6, 6.07) is 6.19. The van der Waals surface area contributed by atoms with Crippen LogP contribution in [0.3, 0.4) is 0 Å². The Morgan fingerprint density at radius 2 is 2.15 bits per heavy atom. The maximum absolute atomic E-state index is 13.1. The number of nitrogens with one attached hydrogen (secondary N) is 1. The molecule has 1 fully saturated rings. The summed E-state index contributed by atoms with van der Waals surface area (Å²) in [6.45, 7) is 1.87. The molecular weight excluding hydrogens is 261 g/mol. The first kappa shape index (κ1) is 14.5. The minimum atomic E-state index is -0.802. The van der Waals surface area contributed by atoms with Crippen molar-refractivity contribution in [3.05, 3.63) is 35.6 Å². The lowest BCUT2D eigenvalue weighted by Crippen LogP contribution is -2.46. The lowest BCUT2D eigenvalue weighted by Gasteiger charge is -2.33. The standard InChI is InChI=1S/C15H18FNO3/c1-9(10-3-2-4-12(16)6-10)5-14(18)17-13-7-11(8-13)15(19)20/h2-4,6,9,11,13H,5,7-8H2,1H3,(H,17,18)(H,19,20). The zero-order valence-electron chi connectivity index (χ0n) is 11.3. The van der Waals surface area contributed by atoms with Gasteiger partial charge in [0, 0.05) is 12.5 Å². The quantitative estimate of drug-likeness (QED) is 0.869. The molecule has 1 aromatic carbocycles. The second-order valence-corrected chi connectivity index (χ2v) is 5.43. The fourth-order valence-corrected chi connectivity index (χ4v) is 2.43. The third kappa shape index (κ3) is 3.56. The molecule has 1 saturated carbocycles. The van der Waals surface area contributed by atoms with Gasteiger partial charge in [0.25, 0.3) is 0 Å². The van der Waals surface area contributed by atoms with Crippen LogP contribution in [0.25, 0.3) is 0 Å². The zero-order chi connectivity index (χ0) is 14.7. The summed E-state index contributed by atoms with van der Waals surface area (Å²) in [5, 5.41) is 11.6. The van der Waals surface area contributed by atoms with Crippen molar-refractivity contribution in [3.8, 4) is 0 Å². The molecule has 1 unspecified atom stereocenters. The molecule has 2 rings (SSSR count). The first-order valence-corrected chi connectivity index (χ1v) is 6.73. The van der Waals surface area contributed by atoms with E-state index in [2.05, 4.69) is 5.32 Å². The number of amides is 1. The molecule has 1 aromatic rings. The van der Waals surface area contributed by atoms with E-state index < -0.39 is 5.97 Å². The van der Waals surface area contributed by atoms with Gasteiger partial charge < -0.3 is 10.4 Å². The number of aliphatic carboxylic acids is 1. The molecule has 5 heteroatoms. The molecular formula is C15H18FNO3. The average Bonchev–Trinajstić information content (AvgIpc) is 2.32. The molecule has 1 amide bonds. The van der Waals surface area contributed by atoms with E-state index in [1.807, 2.05) is 6.92 Å². The van der Waals surface area contributed by atoms with E-state index in [9.17, 15) is 14.0 Å². The Kier molecular flexibility index (Phi) is 4.37. The molecule has 0 aliphatic heterocycles. The van der Waals surface area contributed by atoms with Gasteiger partial charge in [0.2, 0.25) is 5.91 Å². The number of carbonyl (C=O) groups excluding carboxylic acids is 1. The van der Waals surface area contributed by atoms with E-state index in [1.165, 1.54) is 12.1 Å². The van der Waals surface area contributed by atoms with Crippen LogP contribution in [0.1, 0.15) is 37.7 Å². The maximum Gasteiger partial charge on any atom is 0.306 e. The van der Waals surface area contributed by atoms with Crippen molar-refractivity contribution in [3.63, 3.8) is 0 Å². The van der Waals surface area contributed by atoms with Crippen molar-refractivity contribution in [2.24, 2.45) is 5.92 Å². The van der Waals surface area contributed by atoms with Gasteiger partial charge in [0.1, 0.15) is 5.82 Å². The molecule has 0 saturated heterocycles. The SMILES string of the molecule is CC(CC(=O)NC1CC(C(=O)O)C1)c1cccc(F)c1. The van der Waals surface area contributed by atoms with Gasteiger partial charge in [0.15, 0.2) is 0 Å². The fraction of sp³-hybridized carbons (Fsp3) is 0.467. The molecule has 0 bridgehead atoms. The Morgan fingerprint density at radius 1 is 1.45 bits per heavy atom. The van der Waals surface area contributed by atoms with E-state index in [0.717, 1.165) is 5.56 Å². The van der Waals surface area contributed by atoms with Crippen LogP contribution in [-0.2, 0) is 9.59 Å². The normalized spacial score (nSPS) is 22.7. The van der Waals surface area contributed by atoms with Crippen molar-refractivity contribution in [1.82, 2.24) is 5.32 Å². The number of halogens is 1. The maximum atomic E-state index is 13.1. The number of carbonyl (C=O) groups is 2. The minimum absolute atomic E-state index is 0.0386. The first-order valence-electron chi connectivity index (χ1n) is 6.73. The van der Waals surface area contributed by atoms with Crippen LogP contribution in [0.5, 0.6) is 0 Å². The van der Waals surface area contributed by atoms with Crippen LogP contribution >= 0.6 is 0 Å². The van der Waals surface area contributed by atoms with Crippen LogP contribution < -0.4 is 5.32 Å². The molecule has 20 heavy (non-hydrogen) atoms. The summed E-state index contributed by atoms with van der Waals surface area (Å²) >= 11 is 0. The predicted octanol–water partition coefficient (Wildman–Crippen LogP) is 2.30. The van der Waals surface area contributed by atoms with Gasteiger partial charge in [0.05, 0.1) is 5.92 Å². The topological polar surface area (TPSA) is 66.4 Å². The second-order valence-electron chi connectivity index (χ2n) is 5.43. The van der Waals surface area contributed by atoms with Gasteiger partial charge in [-0.05, 0) is 36.5 Å². The summed E-state index contributed by atoms with van der Waals surface area (Å²) < 4.78 is 13.1. The first-order chi connectivity index (χ1) is 9.45. The van der Waals surface area contributed by atoms with Crippen molar-refractivity contribution >= 4 is 11.9 Å². The zero-order valence-corrected chi connectivity index (χ0v) is 11.3. The van der Waals surface area contributed by atoms with Crippen LogP contribution in [0, 0.1) is 11.7 Å². The summed E-state index contributed by atoms with van der Waals surface area (Å²) in [5.74, 6) is -1.63. The highest BCUT2D eigenvalue weighted by molar-refractivity contribution is 5.78. The molecule has 4 nitrogen and oxygen atoms in total. The van der Waals surface area contributed by atoms with Crippen LogP contribution in [-0.4, -0.2) is 23.0 Å². The third-order valence-corrected chi connectivity index (χ3v) is 3.76. The highest BCUT2D eigenvalue weighted by Crippen LogP contribution is 2.28. The Morgan fingerprint density at radius 3 is 2.75 bits per heavy atom. The second kappa shape index (κ2) is 6.03. The number of benzene rings is 1. The lowest BCUT2D eigenvalue weighted by atomic mass is 9.80. The fourth-order valence-electron chi connectivity index (χ4n) is 2.43. The Balaban J connectivity index is 1.79. The van der Waals surface area contributed by atoms with E-state index in [0.29, 0.717) is 12.8 Å². The van der Waals surface area contributed by atoms with Crippen molar-refractivity contribution in [2.45, 2.75) is 38.1 Å². The molecule has 0 radical (unpaired) electrons. The van der Waals surface area contributed by atoms with Gasteiger partial charge in [-0.3, -0.25) is 9.59 Å². The smallest absolute Gasteiger partial charge is 0.306 e. The Bertz CT molecular complexity index is 512. The molecule has 1 aliphatic rings. The molecule has 1 aliphatic carbocycles. The number of hydrogen-bond acceptors (Lipinski definition) is 2. The van der Waals surface area contributed by atoms with Crippen molar-refractivity contribution < 1.29 is 19.1 Å². The Labute approximate surface area is 117 Å². The molecule has 1 atom stereocenters. The minimum Gasteiger partial charge on any atom is -0.481 e. The number of carboxylic acids is 1. The lowest BCUT2D eigenvalue weighted by molar-refractivity contribution is -0.146. The Hall–Kier alpha value is -1.91. The number of carboxylic acid groups (broad SMARTS) is 1. The van der Waals surface area contributed by atoms with Gasteiger partial charge in [-0.2, -0.15) is 0 Å². The van der Waals surface area contributed by atoms with Gasteiger partial charge in [-0.15, -0.1) is 0 Å². The largest absolute Gasteiger partial charge is 0.481 e. The van der Waals surface area contributed by atoms with E-state index in [4.69, 9.17) is 5.11 Å². The van der Waals surface area contributed by atoms with Crippen molar-refractivity contribution in [1.29, 1.82) is 0 Å². The van der Waals surface area contributed by atoms with Crippen molar-refractivity contribution in [2.75, 3.05) is 0 Å². The van der Waals surface area contributed by atoms with Crippen LogP contribution in [0.15, 0.2) is 24.3 Å². The van der Waals surface area contributed by atoms with Gasteiger partial charge >= 0.3 is 5.97 Å². The number of hydrogen-bond donors (Lipinski definition) is 2. The molecule has 108 valence electrons. The summed E-state index contributed by atoms with van der Waals surface area (Å²) in [4.78, 5) is 22.5. The van der Waals surface area contributed by atoms with Crippen LogP contribution in [0.2, 0.25) is 0 Å². The summed E-state index contributed by atoms with van der Waals surface area (Å²) in [7, 11) is 0. The predicted molar refractivity (Wildman–Crippen MR) is 71.7 cm³/mol. The molecule has 0 aromatic heterocycles. The molecule has 0 spiro atoms. The van der Waals surface area contributed by atoms with Gasteiger partial charge in [-0.1, -0.05) is 19.1 Å². The highest BCUT2D eigenvalue weighted by atomic mass is 19.1. The molecule has 0 heterocycles. The third-order valence-electron chi connectivity index (χ3n) is 3.76. The van der Waals surface area contributed by atoms with E-state index in [-0.39, 0.29) is 36.0 Å². The van der Waals surface area contributed by atoms with Gasteiger partial charge in [-0.25, -0.2) is 4.39 Å².